The number of carbonyl (C=O) groups is 2. The van der Waals surface area contributed by atoms with Gasteiger partial charge in [-0.05, 0) is 30.4 Å². The second kappa shape index (κ2) is 3.95. The lowest BCUT2D eigenvalue weighted by Gasteiger charge is -2.19. The first-order chi connectivity index (χ1) is 9.72. The van der Waals surface area contributed by atoms with Crippen molar-refractivity contribution in [1.29, 1.82) is 0 Å². The van der Waals surface area contributed by atoms with Crippen LogP contribution in [0.3, 0.4) is 0 Å². The van der Waals surface area contributed by atoms with Gasteiger partial charge in [0.05, 0.1) is 24.6 Å². The van der Waals surface area contributed by atoms with Gasteiger partial charge in [-0.3, -0.25) is 9.59 Å². The molecule has 2 fully saturated rings. The van der Waals surface area contributed by atoms with E-state index in [4.69, 9.17) is 4.74 Å². The maximum atomic E-state index is 12.7. The van der Waals surface area contributed by atoms with Crippen molar-refractivity contribution in [3.8, 4) is 5.75 Å². The first-order valence-electron chi connectivity index (χ1n) is 6.91. The molecule has 102 valence electrons. The smallest absolute Gasteiger partial charge is 0.238 e. The Labute approximate surface area is 117 Å². The summed E-state index contributed by atoms with van der Waals surface area (Å²) in [7, 11) is 1.55. The number of allylic oxidation sites excluding steroid dienone is 2. The first kappa shape index (κ1) is 11.7. The van der Waals surface area contributed by atoms with Crippen molar-refractivity contribution in [1.82, 2.24) is 0 Å². The summed E-state index contributed by atoms with van der Waals surface area (Å²) in [6.07, 6.45) is 5.15. The zero-order chi connectivity index (χ0) is 13.9. The van der Waals surface area contributed by atoms with E-state index < -0.39 is 0 Å². The minimum absolute atomic E-state index is 0.0682. The first-order valence-corrected chi connectivity index (χ1v) is 6.91. The van der Waals surface area contributed by atoms with E-state index in [1.165, 1.54) is 4.90 Å². The number of benzene rings is 1. The summed E-state index contributed by atoms with van der Waals surface area (Å²) in [5.74, 6) is 0.573. The molecule has 1 aromatic rings. The van der Waals surface area contributed by atoms with Gasteiger partial charge in [0.2, 0.25) is 11.8 Å². The Morgan fingerprint density at radius 1 is 1.05 bits per heavy atom. The van der Waals surface area contributed by atoms with Crippen molar-refractivity contribution in [3.63, 3.8) is 0 Å². The molecule has 2 aliphatic carbocycles. The van der Waals surface area contributed by atoms with Gasteiger partial charge in [-0.1, -0.05) is 24.3 Å². The predicted octanol–water partition coefficient (Wildman–Crippen LogP) is 2.01. The number of carbonyl (C=O) groups excluding carboxylic acids is 2. The number of para-hydroxylation sites is 2. The fourth-order valence-corrected chi connectivity index (χ4v) is 3.95. The van der Waals surface area contributed by atoms with E-state index >= 15 is 0 Å². The Morgan fingerprint density at radius 3 is 2.25 bits per heavy atom. The van der Waals surface area contributed by atoms with Gasteiger partial charge < -0.3 is 4.74 Å². The van der Waals surface area contributed by atoms with E-state index in [0.29, 0.717) is 11.4 Å². The largest absolute Gasteiger partial charge is 0.495 e. The van der Waals surface area contributed by atoms with Crippen LogP contribution in [0.2, 0.25) is 0 Å². The van der Waals surface area contributed by atoms with Crippen molar-refractivity contribution >= 4 is 17.5 Å². The molecule has 1 aliphatic heterocycles. The fraction of sp³-hybridized carbons (Fsp3) is 0.375. The molecule has 4 nitrogen and oxygen atoms in total. The van der Waals surface area contributed by atoms with Crippen LogP contribution < -0.4 is 9.64 Å². The molecule has 1 heterocycles. The zero-order valence-electron chi connectivity index (χ0n) is 11.2. The summed E-state index contributed by atoms with van der Waals surface area (Å²) < 4.78 is 5.28. The zero-order valence-corrected chi connectivity index (χ0v) is 11.2. The normalized spacial score (nSPS) is 34.0. The van der Waals surface area contributed by atoms with Gasteiger partial charge in [0.25, 0.3) is 0 Å². The maximum absolute atomic E-state index is 12.7. The Kier molecular flexibility index (Phi) is 2.31. The molecule has 3 aliphatic rings. The second-order valence-corrected chi connectivity index (χ2v) is 5.68. The highest BCUT2D eigenvalue weighted by Gasteiger charge is 2.59. The highest BCUT2D eigenvalue weighted by Crippen LogP contribution is 2.53. The number of rotatable bonds is 2. The molecule has 4 rings (SSSR count). The molecule has 20 heavy (non-hydrogen) atoms. The Morgan fingerprint density at radius 2 is 1.65 bits per heavy atom. The number of hydrogen-bond acceptors (Lipinski definition) is 3. The van der Waals surface area contributed by atoms with Crippen molar-refractivity contribution in [3.05, 3.63) is 36.4 Å². The summed E-state index contributed by atoms with van der Waals surface area (Å²) >= 11 is 0. The molecule has 1 aromatic carbocycles. The number of ether oxygens (including phenoxy) is 1. The van der Waals surface area contributed by atoms with Gasteiger partial charge in [-0.25, -0.2) is 4.90 Å². The van der Waals surface area contributed by atoms with Crippen LogP contribution in [0.25, 0.3) is 0 Å². The number of amides is 2. The average Bonchev–Trinajstić information content (AvgIpc) is 3.13. The van der Waals surface area contributed by atoms with E-state index in [1.54, 1.807) is 19.2 Å². The van der Waals surface area contributed by atoms with Crippen LogP contribution >= 0.6 is 0 Å². The van der Waals surface area contributed by atoms with E-state index in [0.717, 1.165) is 6.42 Å². The number of nitrogens with zero attached hydrogens (tertiary/aromatic N) is 1. The van der Waals surface area contributed by atoms with Crippen LogP contribution in [-0.4, -0.2) is 18.9 Å². The minimum Gasteiger partial charge on any atom is -0.495 e. The van der Waals surface area contributed by atoms with Crippen LogP contribution in [0, 0.1) is 23.7 Å². The second-order valence-electron chi connectivity index (χ2n) is 5.68. The van der Waals surface area contributed by atoms with E-state index in [2.05, 4.69) is 12.2 Å². The molecule has 2 bridgehead atoms. The van der Waals surface area contributed by atoms with Crippen LogP contribution in [0.15, 0.2) is 36.4 Å². The number of hydrogen-bond donors (Lipinski definition) is 0. The van der Waals surface area contributed by atoms with Crippen LogP contribution in [0.4, 0.5) is 5.69 Å². The van der Waals surface area contributed by atoms with Gasteiger partial charge in [0.1, 0.15) is 5.75 Å². The van der Waals surface area contributed by atoms with E-state index in [-0.39, 0.29) is 35.5 Å². The number of imide groups is 1. The van der Waals surface area contributed by atoms with E-state index in [1.807, 2.05) is 12.1 Å². The molecule has 4 heteroatoms. The third kappa shape index (κ3) is 1.31. The molecule has 1 saturated carbocycles. The van der Waals surface area contributed by atoms with Gasteiger partial charge >= 0.3 is 0 Å². The molecule has 4 atom stereocenters. The molecule has 0 N–H and O–H groups in total. The summed E-state index contributed by atoms with van der Waals surface area (Å²) in [5, 5.41) is 0. The lowest BCUT2D eigenvalue weighted by molar-refractivity contribution is -0.123. The molecular formula is C16H15NO3. The number of fused-ring (bicyclic) bond motifs is 5. The van der Waals surface area contributed by atoms with Crippen LogP contribution in [0.1, 0.15) is 6.42 Å². The van der Waals surface area contributed by atoms with Crippen molar-refractivity contribution < 1.29 is 14.3 Å². The Bertz CT molecular complexity index is 606. The van der Waals surface area contributed by atoms with Gasteiger partial charge in [0, 0.05) is 0 Å². The number of anilines is 1. The molecule has 2 amide bonds. The lowest BCUT2D eigenvalue weighted by Crippen LogP contribution is -2.33. The quantitative estimate of drug-likeness (QED) is 0.609. The lowest BCUT2D eigenvalue weighted by atomic mass is 9.85. The molecular weight excluding hydrogens is 254 g/mol. The van der Waals surface area contributed by atoms with Crippen molar-refractivity contribution in [2.24, 2.45) is 23.7 Å². The highest BCUT2D eigenvalue weighted by atomic mass is 16.5. The Hall–Kier alpha value is -2.10. The standard InChI is InChI=1S/C16H15NO3/c1-20-12-5-3-2-4-11(12)17-15(18)13-9-6-7-10(8-9)14(13)16(17)19/h2-7,9-10,13-14H,8H2,1H3/t9-,10-,13+,14+/m1/s1. The number of methoxy groups -OCH3 is 1. The summed E-state index contributed by atoms with van der Waals surface area (Å²) in [5.41, 5.74) is 0.568. The van der Waals surface area contributed by atoms with Crippen molar-refractivity contribution in [2.45, 2.75) is 6.42 Å². The van der Waals surface area contributed by atoms with Crippen LogP contribution in [-0.2, 0) is 9.59 Å². The topological polar surface area (TPSA) is 46.6 Å². The summed E-state index contributed by atoms with van der Waals surface area (Å²) in [4.78, 5) is 26.7. The van der Waals surface area contributed by atoms with Crippen LogP contribution in [0.5, 0.6) is 5.75 Å². The third-order valence-electron chi connectivity index (χ3n) is 4.80. The van der Waals surface area contributed by atoms with E-state index in [9.17, 15) is 9.59 Å². The SMILES string of the molecule is COc1ccccc1N1C(=O)[C@@H]2[C@@H](C1=O)[C@@H]1C=C[C@@H]2C1. The summed E-state index contributed by atoms with van der Waals surface area (Å²) in [6.45, 7) is 0. The molecule has 0 aromatic heterocycles. The van der Waals surface area contributed by atoms with Crippen molar-refractivity contribution in [2.75, 3.05) is 12.0 Å². The van der Waals surface area contributed by atoms with Gasteiger partial charge in [-0.2, -0.15) is 0 Å². The third-order valence-corrected chi connectivity index (χ3v) is 4.80. The molecule has 0 unspecified atom stereocenters. The molecule has 0 radical (unpaired) electrons. The van der Waals surface area contributed by atoms with Gasteiger partial charge in [-0.15, -0.1) is 0 Å². The fourth-order valence-electron chi connectivity index (χ4n) is 3.95. The highest BCUT2D eigenvalue weighted by molar-refractivity contribution is 6.23. The minimum atomic E-state index is -0.164. The summed E-state index contributed by atoms with van der Waals surface area (Å²) in [6, 6.07) is 7.20. The molecule has 0 spiro atoms. The average molecular weight is 269 g/mol. The Balaban J connectivity index is 1.78. The predicted molar refractivity (Wildman–Crippen MR) is 73.2 cm³/mol. The molecule has 1 saturated heterocycles. The van der Waals surface area contributed by atoms with Gasteiger partial charge in [0.15, 0.2) is 0 Å². The monoisotopic (exact) mass is 269 g/mol. The maximum Gasteiger partial charge on any atom is 0.238 e.